The van der Waals surface area contributed by atoms with Crippen LogP contribution in [0.25, 0.3) is 10.9 Å². The largest absolute Gasteiger partial charge is 0.308 e. The van der Waals surface area contributed by atoms with E-state index < -0.39 is 15.5 Å². The Hall–Kier alpha value is -4.08. The van der Waals surface area contributed by atoms with Crippen LogP contribution in [-0.4, -0.2) is 20.6 Å². The van der Waals surface area contributed by atoms with Crippen molar-refractivity contribution >= 4 is 34.2 Å². The van der Waals surface area contributed by atoms with Crippen LogP contribution < -0.4 is 11.0 Å². The summed E-state index contributed by atoms with van der Waals surface area (Å²) in [6.07, 6.45) is 3.22. The van der Waals surface area contributed by atoms with Gasteiger partial charge in [-0.15, -0.1) is 0 Å². The molecule has 2 heterocycles. The maximum Gasteiger partial charge on any atom is 0.301 e. The number of aromatic nitrogens is 1. The normalized spacial score (nSPS) is 13.0. The van der Waals surface area contributed by atoms with Gasteiger partial charge in [-0.2, -0.15) is 5.10 Å². The van der Waals surface area contributed by atoms with Crippen LogP contribution in [0, 0.1) is 20.2 Å². The van der Waals surface area contributed by atoms with Crippen molar-refractivity contribution in [3.63, 3.8) is 0 Å². The van der Waals surface area contributed by atoms with Gasteiger partial charge < -0.3 is 4.57 Å². The molecule has 1 aliphatic rings. The van der Waals surface area contributed by atoms with Gasteiger partial charge in [-0.05, 0) is 24.5 Å². The summed E-state index contributed by atoms with van der Waals surface area (Å²) >= 11 is 0. The van der Waals surface area contributed by atoms with Crippen LogP contribution in [0.4, 0.5) is 17.1 Å². The second-order valence-corrected chi connectivity index (χ2v) is 6.59. The van der Waals surface area contributed by atoms with E-state index in [4.69, 9.17) is 0 Å². The number of hydrogen-bond donors (Lipinski definition) is 1. The lowest BCUT2D eigenvalue weighted by atomic mass is 9.99. The number of nitro benzene ring substituents is 2. The first kappa shape index (κ1) is 18.3. The van der Waals surface area contributed by atoms with Gasteiger partial charge >= 0.3 is 5.69 Å². The van der Waals surface area contributed by atoms with Crippen LogP contribution in [0.15, 0.2) is 52.4 Å². The number of nitrogens with one attached hydrogen (secondary N) is 1. The third-order valence-electron chi connectivity index (χ3n) is 4.85. The minimum atomic E-state index is -0.723. The van der Waals surface area contributed by atoms with Crippen LogP contribution in [0.2, 0.25) is 0 Å². The Kier molecular flexibility index (Phi) is 4.51. The third-order valence-corrected chi connectivity index (χ3v) is 4.85. The Labute approximate surface area is 163 Å². The maximum absolute atomic E-state index is 12.5. The Morgan fingerprint density at radius 1 is 1.10 bits per heavy atom. The molecule has 1 aliphatic heterocycles. The van der Waals surface area contributed by atoms with Crippen LogP contribution in [0.1, 0.15) is 17.5 Å². The number of rotatable bonds is 5. The predicted octanol–water partition coefficient (Wildman–Crippen LogP) is 3.21. The molecule has 0 unspecified atom stereocenters. The quantitative estimate of drug-likeness (QED) is 0.402. The summed E-state index contributed by atoms with van der Waals surface area (Å²) in [7, 11) is 0. The summed E-state index contributed by atoms with van der Waals surface area (Å²) in [5.41, 5.74) is 4.14. The molecule has 1 aromatic heterocycles. The van der Waals surface area contributed by atoms with Crippen molar-refractivity contribution in [3.05, 3.63) is 84.2 Å². The highest BCUT2D eigenvalue weighted by Gasteiger charge is 2.19. The first-order chi connectivity index (χ1) is 14.0. The summed E-state index contributed by atoms with van der Waals surface area (Å²) in [5.74, 6) is 0. The molecule has 0 saturated carbocycles. The topological polar surface area (TPSA) is 133 Å². The van der Waals surface area contributed by atoms with E-state index in [9.17, 15) is 25.0 Å². The highest BCUT2D eigenvalue weighted by Crippen LogP contribution is 2.29. The van der Waals surface area contributed by atoms with Crippen LogP contribution >= 0.6 is 0 Å². The molecule has 0 atom stereocenters. The van der Waals surface area contributed by atoms with Crippen molar-refractivity contribution < 1.29 is 9.85 Å². The minimum Gasteiger partial charge on any atom is -0.308 e. The number of anilines is 1. The van der Waals surface area contributed by atoms with Gasteiger partial charge in [0.25, 0.3) is 11.2 Å². The summed E-state index contributed by atoms with van der Waals surface area (Å²) in [4.78, 5) is 33.1. The molecule has 146 valence electrons. The molecule has 0 saturated heterocycles. The molecule has 4 rings (SSSR count). The summed E-state index contributed by atoms with van der Waals surface area (Å²) in [5, 5.41) is 26.9. The van der Waals surface area contributed by atoms with Crippen molar-refractivity contribution in [3.8, 4) is 0 Å². The maximum atomic E-state index is 12.5. The Morgan fingerprint density at radius 3 is 2.69 bits per heavy atom. The first-order valence-corrected chi connectivity index (χ1v) is 8.83. The number of nitrogens with zero attached hydrogens (tertiary/aromatic N) is 4. The number of non-ortho nitro benzene ring substituents is 1. The van der Waals surface area contributed by atoms with Crippen molar-refractivity contribution in [1.82, 2.24) is 4.57 Å². The van der Waals surface area contributed by atoms with E-state index in [0.717, 1.165) is 41.4 Å². The van der Waals surface area contributed by atoms with Gasteiger partial charge in [0, 0.05) is 29.6 Å². The second kappa shape index (κ2) is 7.15. The van der Waals surface area contributed by atoms with Crippen molar-refractivity contribution in [1.29, 1.82) is 0 Å². The van der Waals surface area contributed by atoms with E-state index in [1.807, 2.05) is 18.2 Å². The van der Waals surface area contributed by atoms with Crippen LogP contribution in [0.3, 0.4) is 0 Å². The molecule has 0 aliphatic carbocycles. The van der Waals surface area contributed by atoms with Gasteiger partial charge in [-0.1, -0.05) is 18.2 Å². The van der Waals surface area contributed by atoms with E-state index in [1.165, 1.54) is 18.3 Å². The highest BCUT2D eigenvalue weighted by atomic mass is 16.6. The number of nitro groups is 2. The zero-order valence-corrected chi connectivity index (χ0v) is 15.1. The predicted molar refractivity (Wildman–Crippen MR) is 107 cm³/mol. The van der Waals surface area contributed by atoms with E-state index in [0.29, 0.717) is 12.1 Å². The number of hydrogen-bond acceptors (Lipinski definition) is 7. The number of aryl methyl sites for hydroxylation is 2. The van der Waals surface area contributed by atoms with Gasteiger partial charge in [-0.25, -0.2) is 0 Å². The summed E-state index contributed by atoms with van der Waals surface area (Å²) in [6, 6.07) is 10.5. The standard InChI is InChI=1S/C19H15N5O5/c25-18-9-13(15-5-1-3-12-4-2-8-22(18)19(12)15)11-20-21-16-7-6-14(23(26)27)10-17(16)24(28)29/h1,3,5-7,9-11,21H,2,4,8H2/b20-11+. The fourth-order valence-corrected chi connectivity index (χ4v) is 3.55. The van der Waals surface area contributed by atoms with Crippen molar-refractivity contribution in [2.45, 2.75) is 19.4 Å². The lowest BCUT2D eigenvalue weighted by Gasteiger charge is -2.19. The van der Waals surface area contributed by atoms with Gasteiger partial charge in [0.15, 0.2) is 0 Å². The van der Waals surface area contributed by atoms with Gasteiger partial charge in [0.05, 0.1) is 27.6 Å². The van der Waals surface area contributed by atoms with E-state index in [-0.39, 0.29) is 16.9 Å². The van der Waals surface area contributed by atoms with Crippen LogP contribution in [0.5, 0.6) is 0 Å². The SMILES string of the molecule is O=c1cc(/C=N/Nc2ccc([N+](=O)[O-])cc2[N+](=O)[O-])c2cccc3c2n1CCC3. The number of pyridine rings is 1. The van der Waals surface area contributed by atoms with Crippen molar-refractivity contribution in [2.75, 3.05) is 5.43 Å². The zero-order valence-electron chi connectivity index (χ0n) is 15.1. The number of benzene rings is 2. The Morgan fingerprint density at radius 2 is 1.93 bits per heavy atom. The lowest BCUT2D eigenvalue weighted by Crippen LogP contribution is -2.24. The monoisotopic (exact) mass is 393 g/mol. The summed E-state index contributed by atoms with van der Waals surface area (Å²) < 4.78 is 1.75. The zero-order chi connectivity index (χ0) is 20.5. The number of para-hydroxylation sites is 1. The fraction of sp³-hybridized carbons (Fsp3) is 0.158. The van der Waals surface area contributed by atoms with E-state index in [2.05, 4.69) is 10.5 Å². The molecule has 0 amide bonds. The molecule has 10 heteroatoms. The molecular weight excluding hydrogens is 378 g/mol. The second-order valence-electron chi connectivity index (χ2n) is 6.59. The molecule has 10 nitrogen and oxygen atoms in total. The highest BCUT2D eigenvalue weighted by molar-refractivity contribution is 5.99. The Bertz CT molecular complexity index is 1250. The van der Waals surface area contributed by atoms with E-state index in [1.54, 1.807) is 4.57 Å². The van der Waals surface area contributed by atoms with Gasteiger partial charge in [-0.3, -0.25) is 30.4 Å². The average Bonchev–Trinajstić information content (AvgIpc) is 2.71. The molecule has 1 N–H and O–H groups in total. The van der Waals surface area contributed by atoms with Crippen molar-refractivity contribution in [2.24, 2.45) is 5.10 Å². The molecule has 2 aromatic carbocycles. The molecule has 29 heavy (non-hydrogen) atoms. The molecule has 0 bridgehead atoms. The third kappa shape index (κ3) is 3.31. The van der Waals surface area contributed by atoms with Gasteiger partial charge in [0.2, 0.25) is 0 Å². The lowest BCUT2D eigenvalue weighted by molar-refractivity contribution is -0.393. The molecule has 0 spiro atoms. The average molecular weight is 393 g/mol. The smallest absolute Gasteiger partial charge is 0.301 e. The minimum absolute atomic E-state index is 0.0105. The Balaban J connectivity index is 1.71. The summed E-state index contributed by atoms with van der Waals surface area (Å²) in [6.45, 7) is 0.664. The molecule has 0 radical (unpaired) electrons. The van der Waals surface area contributed by atoms with Gasteiger partial charge in [0.1, 0.15) is 5.69 Å². The fourth-order valence-electron chi connectivity index (χ4n) is 3.55. The van der Waals surface area contributed by atoms with Crippen LogP contribution in [-0.2, 0) is 13.0 Å². The molecular formula is C19H15N5O5. The first-order valence-electron chi connectivity index (χ1n) is 8.83. The molecule has 3 aromatic rings. The number of hydrazone groups is 1. The molecule has 0 fully saturated rings. The van der Waals surface area contributed by atoms with E-state index >= 15 is 0 Å².